The number of likely N-dealkylation sites (tertiary alicyclic amines) is 1. The van der Waals surface area contributed by atoms with E-state index in [4.69, 9.17) is 4.74 Å². The highest BCUT2D eigenvalue weighted by atomic mass is 16.5. The Morgan fingerprint density at radius 1 is 1.19 bits per heavy atom. The number of nitrogens with zero attached hydrogens (tertiary/aromatic N) is 1. The summed E-state index contributed by atoms with van der Waals surface area (Å²) in [5.41, 5.74) is 2.72. The summed E-state index contributed by atoms with van der Waals surface area (Å²) < 4.78 is 5.10. The molecule has 0 radical (unpaired) electrons. The van der Waals surface area contributed by atoms with Crippen LogP contribution in [0.15, 0.2) is 61.2 Å². The van der Waals surface area contributed by atoms with Crippen LogP contribution in [-0.2, 0) is 27.3 Å². The number of amides is 1. The van der Waals surface area contributed by atoms with Gasteiger partial charge in [0.1, 0.15) is 0 Å². The third kappa shape index (κ3) is 2.29. The molecule has 0 unspecified atom stereocenters. The van der Waals surface area contributed by atoms with E-state index >= 15 is 0 Å². The molecule has 0 aromatic heterocycles. The van der Waals surface area contributed by atoms with E-state index in [1.165, 1.54) is 7.11 Å². The first-order valence-electron chi connectivity index (χ1n) is 8.76. The fourth-order valence-corrected chi connectivity index (χ4v) is 4.40. The standard InChI is InChI=1S/C22H21NO3/c1-15-18-11-7-6-10-17(18)12-22(21(25)26-2)19(15)14-23(20(22)24)13-16-8-4-3-5-9-16/h3-11,19H,1,12-14H2,2H3/t19-,22+/m1/s1. The van der Waals surface area contributed by atoms with E-state index < -0.39 is 11.4 Å². The summed E-state index contributed by atoms with van der Waals surface area (Å²) in [7, 11) is 1.35. The van der Waals surface area contributed by atoms with Crippen molar-refractivity contribution in [1.82, 2.24) is 4.90 Å². The van der Waals surface area contributed by atoms with Gasteiger partial charge in [0, 0.05) is 19.0 Å². The van der Waals surface area contributed by atoms with E-state index in [1.54, 1.807) is 4.90 Å². The Bertz CT molecular complexity index is 889. The van der Waals surface area contributed by atoms with E-state index in [0.717, 1.165) is 22.3 Å². The summed E-state index contributed by atoms with van der Waals surface area (Å²) in [5, 5.41) is 0. The first-order chi connectivity index (χ1) is 12.6. The summed E-state index contributed by atoms with van der Waals surface area (Å²) in [4.78, 5) is 28.0. The number of ether oxygens (including phenoxy) is 1. The molecule has 0 bridgehead atoms. The number of carbonyl (C=O) groups excluding carboxylic acids is 2. The van der Waals surface area contributed by atoms with Crippen LogP contribution >= 0.6 is 0 Å². The van der Waals surface area contributed by atoms with Crippen molar-refractivity contribution in [2.24, 2.45) is 11.3 Å². The predicted molar refractivity (Wildman–Crippen MR) is 99.0 cm³/mol. The first kappa shape index (κ1) is 16.6. The molecule has 2 aliphatic rings. The van der Waals surface area contributed by atoms with Crippen molar-refractivity contribution in [2.45, 2.75) is 13.0 Å². The maximum Gasteiger partial charge on any atom is 0.322 e. The van der Waals surface area contributed by atoms with Crippen LogP contribution in [0.25, 0.3) is 5.57 Å². The molecule has 132 valence electrons. The van der Waals surface area contributed by atoms with Gasteiger partial charge in [-0.2, -0.15) is 0 Å². The van der Waals surface area contributed by atoms with Crippen LogP contribution in [0.4, 0.5) is 0 Å². The minimum absolute atomic E-state index is 0.158. The number of hydrogen-bond donors (Lipinski definition) is 0. The van der Waals surface area contributed by atoms with E-state index in [2.05, 4.69) is 6.58 Å². The van der Waals surface area contributed by atoms with Gasteiger partial charge in [-0.15, -0.1) is 0 Å². The monoisotopic (exact) mass is 347 g/mol. The second-order valence-electron chi connectivity index (χ2n) is 7.05. The number of benzene rings is 2. The number of fused-ring (bicyclic) bond motifs is 2. The third-order valence-corrected chi connectivity index (χ3v) is 5.69. The molecular weight excluding hydrogens is 326 g/mol. The SMILES string of the molecule is C=C1c2ccccc2C[C@@]2(C(=O)OC)C(=O)N(Cc3ccccc3)C[C@H]12. The van der Waals surface area contributed by atoms with E-state index in [9.17, 15) is 9.59 Å². The second kappa shape index (κ2) is 6.13. The quantitative estimate of drug-likeness (QED) is 0.633. The molecule has 1 fully saturated rings. The predicted octanol–water partition coefficient (Wildman–Crippen LogP) is 3.07. The van der Waals surface area contributed by atoms with Crippen LogP contribution in [0.3, 0.4) is 0 Å². The molecule has 2 aromatic rings. The molecule has 1 amide bonds. The van der Waals surface area contributed by atoms with Crippen LogP contribution in [0.5, 0.6) is 0 Å². The summed E-state index contributed by atoms with van der Waals surface area (Å²) in [5.74, 6) is -0.881. The lowest BCUT2D eigenvalue weighted by Gasteiger charge is -2.36. The average Bonchev–Trinajstić information content (AvgIpc) is 2.96. The fourth-order valence-electron chi connectivity index (χ4n) is 4.40. The average molecular weight is 347 g/mol. The Kier molecular flexibility index (Phi) is 3.91. The van der Waals surface area contributed by atoms with Crippen LogP contribution in [-0.4, -0.2) is 30.4 Å². The zero-order valence-electron chi connectivity index (χ0n) is 14.8. The highest BCUT2D eigenvalue weighted by molar-refractivity contribution is 6.08. The lowest BCUT2D eigenvalue weighted by atomic mass is 9.64. The van der Waals surface area contributed by atoms with Gasteiger partial charge in [0.15, 0.2) is 5.41 Å². The molecule has 1 heterocycles. The van der Waals surface area contributed by atoms with Gasteiger partial charge >= 0.3 is 5.97 Å². The Morgan fingerprint density at radius 3 is 2.62 bits per heavy atom. The molecule has 4 nitrogen and oxygen atoms in total. The molecule has 1 aliphatic heterocycles. The van der Waals surface area contributed by atoms with Crippen LogP contribution < -0.4 is 0 Å². The van der Waals surface area contributed by atoms with Crippen molar-refractivity contribution in [3.05, 3.63) is 77.9 Å². The molecule has 26 heavy (non-hydrogen) atoms. The van der Waals surface area contributed by atoms with Gasteiger partial charge in [-0.25, -0.2) is 0 Å². The summed E-state index contributed by atoms with van der Waals surface area (Å²) >= 11 is 0. The van der Waals surface area contributed by atoms with Crippen molar-refractivity contribution in [3.8, 4) is 0 Å². The minimum Gasteiger partial charge on any atom is -0.468 e. The number of carbonyl (C=O) groups is 2. The van der Waals surface area contributed by atoms with Gasteiger partial charge in [0.25, 0.3) is 0 Å². The van der Waals surface area contributed by atoms with Crippen LogP contribution in [0.1, 0.15) is 16.7 Å². The zero-order valence-corrected chi connectivity index (χ0v) is 14.8. The van der Waals surface area contributed by atoms with Gasteiger partial charge in [0.2, 0.25) is 5.91 Å². The molecule has 2 atom stereocenters. The van der Waals surface area contributed by atoms with Crippen molar-refractivity contribution < 1.29 is 14.3 Å². The highest BCUT2D eigenvalue weighted by Crippen LogP contribution is 2.52. The maximum absolute atomic E-state index is 13.4. The van der Waals surface area contributed by atoms with Crippen LogP contribution in [0, 0.1) is 11.3 Å². The van der Waals surface area contributed by atoms with Gasteiger partial charge < -0.3 is 9.64 Å². The van der Waals surface area contributed by atoms with E-state index in [-0.39, 0.29) is 11.8 Å². The van der Waals surface area contributed by atoms with Gasteiger partial charge in [-0.3, -0.25) is 9.59 Å². The largest absolute Gasteiger partial charge is 0.468 e. The fraction of sp³-hybridized carbons (Fsp3) is 0.273. The number of methoxy groups -OCH3 is 1. The highest BCUT2D eigenvalue weighted by Gasteiger charge is 2.62. The van der Waals surface area contributed by atoms with Gasteiger partial charge in [-0.05, 0) is 28.7 Å². The number of hydrogen-bond acceptors (Lipinski definition) is 3. The Balaban J connectivity index is 1.76. The third-order valence-electron chi connectivity index (χ3n) is 5.69. The molecule has 0 N–H and O–H groups in total. The summed E-state index contributed by atoms with van der Waals surface area (Å²) in [6.45, 7) is 5.22. The van der Waals surface area contributed by atoms with Gasteiger partial charge in [-0.1, -0.05) is 61.2 Å². The topological polar surface area (TPSA) is 46.6 Å². The molecule has 2 aromatic carbocycles. The van der Waals surface area contributed by atoms with E-state index in [0.29, 0.717) is 19.5 Å². The molecule has 4 heteroatoms. The molecule has 4 rings (SSSR count). The van der Waals surface area contributed by atoms with E-state index in [1.807, 2.05) is 54.6 Å². The van der Waals surface area contributed by atoms with Crippen molar-refractivity contribution in [3.63, 3.8) is 0 Å². The molecule has 0 saturated carbocycles. The van der Waals surface area contributed by atoms with Crippen LogP contribution in [0.2, 0.25) is 0 Å². The summed E-state index contributed by atoms with van der Waals surface area (Å²) in [6.07, 6.45) is 0.365. The zero-order chi connectivity index (χ0) is 18.3. The van der Waals surface area contributed by atoms with Crippen molar-refractivity contribution in [2.75, 3.05) is 13.7 Å². The molecule has 0 spiro atoms. The Labute approximate surface area is 153 Å². The maximum atomic E-state index is 13.4. The lowest BCUT2D eigenvalue weighted by Crippen LogP contribution is -2.48. The van der Waals surface area contributed by atoms with Crippen molar-refractivity contribution in [1.29, 1.82) is 0 Å². The Hall–Kier alpha value is -2.88. The first-order valence-corrected chi connectivity index (χ1v) is 8.76. The number of rotatable bonds is 3. The smallest absolute Gasteiger partial charge is 0.322 e. The minimum atomic E-state index is -1.20. The number of esters is 1. The molecular formula is C22H21NO3. The van der Waals surface area contributed by atoms with Crippen molar-refractivity contribution >= 4 is 17.4 Å². The second-order valence-corrected chi connectivity index (χ2v) is 7.05. The molecule has 1 saturated heterocycles. The molecule has 1 aliphatic carbocycles. The normalized spacial score (nSPS) is 24.2. The summed E-state index contributed by atoms with van der Waals surface area (Å²) in [6, 6.07) is 17.7. The Morgan fingerprint density at radius 2 is 1.88 bits per heavy atom. The van der Waals surface area contributed by atoms with Gasteiger partial charge in [0.05, 0.1) is 7.11 Å². The lowest BCUT2D eigenvalue weighted by molar-refractivity contribution is -0.160.